The summed E-state index contributed by atoms with van der Waals surface area (Å²) in [7, 11) is 0. The summed E-state index contributed by atoms with van der Waals surface area (Å²) in [5.41, 5.74) is 2.46. The Balaban J connectivity index is 2.22. The fourth-order valence-electron chi connectivity index (χ4n) is 1.99. The second-order valence-electron chi connectivity index (χ2n) is 5.76. The summed E-state index contributed by atoms with van der Waals surface area (Å²) < 4.78 is 0. The molecule has 1 aromatic carbocycles. The van der Waals surface area contributed by atoms with Crippen molar-refractivity contribution in [2.75, 3.05) is 5.32 Å². The normalized spacial score (nSPS) is 14.4. The van der Waals surface area contributed by atoms with E-state index in [1.54, 1.807) is 6.07 Å². The standard InChI is InChI=1S/C14H17NO2/c1-14(2,3)8-12(16)9-4-5-11-10(6-9)7-13(17)15-11/h4-6H,7-8H2,1-3H3,(H,15,17). The van der Waals surface area contributed by atoms with Crippen molar-refractivity contribution in [3.63, 3.8) is 0 Å². The van der Waals surface area contributed by atoms with Gasteiger partial charge in [0.2, 0.25) is 5.91 Å². The van der Waals surface area contributed by atoms with Crippen LogP contribution >= 0.6 is 0 Å². The molecule has 2 rings (SSSR count). The van der Waals surface area contributed by atoms with Crippen LogP contribution in [0.25, 0.3) is 0 Å². The van der Waals surface area contributed by atoms with E-state index >= 15 is 0 Å². The lowest BCUT2D eigenvalue weighted by Gasteiger charge is -2.16. The smallest absolute Gasteiger partial charge is 0.228 e. The third kappa shape index (κ3) is 2.73. The van der Waals surface area contributed by atoms with Crippen LogP contribution in [0.1, 0.15) is 43.1 Å². The molecule has 0 saturated carbocycles. The SMILES string of the molecule is CC(C)(C)CC(=O)c1ccc2c(c1)CC(=O)N2. The second kappa shape index (κ2) is 3.99. The van der Waals surface area contributed by atoms with E-state index in [2.05, 4.69) is 5.32 Å². The highest BCUT2D eigenvalue weighted by Crippen LogP contribution is 2.26. The summed E-state index contributed by atoms with van der Waals surface area (Å²) in [5.74, 6) is 0.139. The van der Waals surface area contributed by atoms with Gasteiger partial charge in [-0.1, -0.05) is 20.8 Å². The number of amides is 1. The Morgan fingerprint density at radius 3 is 2.71 bits per heavy atom. The number of hydrogen-bond acceptors (Lipinski definition) is 2. The minimum Gasteiger partial charge on any atom is -0.326 e. The van der Waals surface area contributed by atoms with Crippen LogP contribution in [0, 0.1) is 5.41 Å². The summed E-state index contributed by atoms with van der Waals surface area (Å²) in [4.78, 5) is 23.3. The maximum Gasteiger partial charge on any atom is 0.228 e. The number of carbonyl (C=O) groups excluding carboxylic acids is 2. The molecule has 0 aliphatic carbocycles. The van der Waals surface area contributed by atoms with E-state index in [1.165, 1.54) is 0 Å². The molecule has 1 heterocycles. The summed E-state index contributed by atoms with van der Waals surface area (Å²) in [6.45, 7) is 6.13. The molecule has 0 spiro atoms. The van der Waals surface area contributed by atoms with Gasteiger partial charge in [-0.3, -0.25) is 9.59 Å². The van der Waals surface area contributed by atoms with Crippen molar-refractivity contribution in [1.29, 1.82) is 0 Å². The van der Waals surface area contributed by atoms with Gasteiger partial charge in [-0.25, -0.2) is 0 Å². The number of ketones is 1. The molecule has 1 aliphatic rings. The van der Waals surface area contributed by atoms with E-state index in [0.717, 1.165) is 11.3 Å². The molecule has 1 aromatic rings. The van der Waals surface area contributed by atoms with Crippen LogP contribution in [0.2, 0.25) is 0 Å². The van der Waals surface area contributed by atoms with Crippen molar-refractivity contribution in [1.82, 2.24) is 0 Å². The molecule has 0 aromatic heterocycles. The van der Waals surface area contributed by atoms with E-state index in [0.29, 0.717) is 18.4 Å². The molecule has 90 valence electrons. The number of carbonyl (C=O) groups is 2. The predicted octanol–water partition coefficient (Wildman–Crippen LogP) is 2.80. The minimum absolute atomic E-state index is 0.000389. The van der Waals surface area contributed by atoms with E-state index in [9.17, 15) is 9.59 Å². The van der Waals surface area contributed by atoms with Gasteiger partial charge in [0.1, 0.15) is 0 Å². The van der Waals surface area contributed by atoms with Crippen molar-refractivity contribution in [2.45, 2.75) is 33.6 Å². The molecule has 1 N–H and O–H groups in total. The van der Waals surface area contributed by atoms with Gasteiger partial charge in [0, 0.05) is 17.7 Å². The third-order valence-corrected chi connectivity index (χ3v) is 2.74. The lowest BCUT2D eigenvalue weighted by Crippen LogP contribution is -2.13. The first-order valence-corrected chi connectivity index (χ1v) is 5.81. The summed E-state index contributed by atoms with van der Waals surface area (Å²) >= 11 is 0. The van der Waals surface area contributed by atoms with Gasteiger partial charge in [0.15, 0.2) is 5.78 Å². The molecule has 1 aliphatic heterocycles. The van der Waals surface area contributed by atoms with Crippen molar-refractivity contribution in [3.05, 3.63) is 29.3 Å². The third-order valence-electron chi connectivity index (χ3n) is 2.74. The molecule has 0 atom stereocenters. The second-order valence-corrected chi connectivity index (χ2v) is 5.76. The number of rotatable bonds is 2. The molecular formula is C14H17NO2. The number of benzene rings is 1. The quantitative estimate of drug-likeness (QED) is 0.795. The monoisotopic (exact) mass is 231 g/mol. The highest BCUT2D eigenvalue weighted by Gasteiger charge is 2.21. The van der Waals surface area contributed by atoms with Crippen molar-refractivity contribution in [3.8, 4) is 0 Å². The summed E-state index contributed by atoms with van der Waals surface area (Å²) in [6, 6.07) is 5.44. The van der Waals surface area contributed by atoms with E-state index in [-0.39, 0.29) is 17.1 Å². The van der Waals surface area contributed by atoms with Crippen molar-refractivity contribution >= 4 is 17.4 Å². The van der Waals surface area contributed by atoms with Crippen molar-refractivity contribution in [2.24, 2.45) is 5.41 Å². The molecule has 0 saturated heterocycles. The van der Waals surface area contributed by atoms with Crippen LogP contribution in [0.5, 0.6) is 0 Å². The van der Waals surface area contributed by atoms with Gasteiger partial charge in [0.25, 0.3) is 0 Å². The van der Waals surface area contributed by atoms with E-state index in [1.807, 2.05) is 32.9 Å². The minimum atomic E-state index is -0.00976. The van der Waals surface area contributed by atoms with Gasteiger partial charge < -0.3 is 5.32 Å². The lowest BCUT2D eigenvalue weighted by molar-refractivity contribution is -0.115. The van der Waals surface area contributed by atoms with Gasteiger partial charge >= 0.3 is 0 Å². The zero-order chi connectivity index (χ0) is 12.6. The first-order valence-electron chi connectivity index (χ1n) is 5.81. The molecule has 1 amide bonds. The first kappa shape index (κ1) is 11.8. The molecule has 3 heteroatoms. The van der Waals surface area contributed by atoms with Crippen LogP contribution in [0.4, 0.5) is 5.69 Å². The number of nitrogens with one attached hydrogen (secondary N) is 1. The summed E-state index contributed by atoms with van der Waals surface area (Å²) in [6.07, 6.45) is 0.902. The Labute approximate surface area is 101 Å². The Bertz CT molecular complexity index is 483. The number of fused-ring (bicyclic) bond motifs is 1. The molecule has 3 nitrogen and oxygen atoms in total. The highest BCUT2D eigenvalue weighted by atomic mass is 16.1. The molecule has 0 fully saturated rings. The van der Waals surface area contributed by atoms with E-state index in [4.69, 9.17) is 0 Å². The predicted molar refractivity (Wildman–Crippen MR) is 67.2 cm³/mol. The summed E-state index contributed by atoms with van der Waals surface area (Å²) in [5, 5.41) is 2.76. The fraction of sp³-hybridized carbons (Fsp3) is 0.429. The topological polar surface area (TPSA) is 46.2 Å². The van der Waals surface area contributed by atoms with Crippen LogP contribution in [-0.4, -0.2) is 11.7 Å². The molecular weight excluding hydrogens is 214 g/mol. The number of hydrogen-bond donors (Lipinski definition) is 1. The van der Waals surface area contributed by atoms with Gasteiger partial charge in [-0.2, -0.15) is 0 Å². The lowest BCUT2D eigenvalue weighted by atomic mass is 9.87. The Kier molecular flexibility index (Phi) is 2.77. The maximum absolute atomic E-state index is 12.0. The van der Waals surface area contributed by atoms with E-state index < -0.39 is 0 Å². The van der Waals surface area contributed by atoms with Crippen LogP contribution in [0.15, 0.2) is 18.2 Å². The Morgan fingerprint density at radius 1 is 1.35 bits per heavy atom. The number of Topliss-reactive ketones (excluding diaryl/α,β-unsaturated/α-hetero) is 1. The Hall–Kier alpha value is -1.64. The molecule has 17 heavy (non-hydrogen) atoms. The molecule has 0 radical (unpaired) electrons. The zero-order valence-corrected chi connectivity index (χ0v) is 10.5. The van der Waals surface area contributed by atoms with Gasteiger partial charge in [0.05, 0.1) is 6.42 Å². The van der Waals surface area contributed by atoms with Crippen LogP contribution in [-0.2, 0) is 11.2 Å². The van der Waals surface area contributed by atoms with Crippen LogP contribution in [0.3, 0.4) is 0 Å². The van der Waals surface area contributed by atoms with Crippen molar-refractivity contribution < 1.29 is 9.59 Å². The zero-order valence-electron chi connectivity index (χ0n) is 10.5. The van der Waals surface area contributed by atoms with Gasteiger partial charge in [-0.15, -0.1) is 0 Å². The number of anilines is 1. The average molecular weight is 231 g/mol. The maximum atomic E-state index is 12.0. The largest absolute Gasteiger partial charge is 0.326 e. The highest BCUT2D eigenvalue weighted by molar-refractivity contribution is 6.02. The first-order chi connectivity index (χ1) is 7.85. The van der Waals surface area contributed by atoms with Gasteiger partial charge in [-0.05, 0) is 29.2 Å². The Morgan fingerprint density at radius 2 is 2.06 bits per heavy atom. The molecule has 0 bridgehead atoms. The molecule has 0 unspecified atom stereocenters. The average Bonchev–Trinajstić information content (AvgIpc) is 2.53. The van der Waals surface area contributed by atoms with Crippen LogP contribution < -0.4 is 5.32 Å². The fourth-order valence-corrected chi connectivity index (χ4v) is 1.99.